The molecule has 0 radical (unpaired) electrons. The number of esters is 2. The standard InChI is InChI=1S/C73H108N10O22/c1-5-49-50-18-11-12-19-54(50)80-66-51(49)46-83-58(66)44-53-52(69(83)94)47-104-72(97)73(53,6-2)105-71(96)65(48(3)4)81-68(93)57-21-17-31-82(57)70(95)56(45-64(90)91)79-62(87)26-33-99-37-41-103-43-39-101-35-30-76-60(85)23-16-22-59(84)75-28-15-13-20-55(67(92)77-29-14-9-7-8-10-24-63(88)89)78-61(86)25-32-98-36-40-102-42-38-100-34-27-74/h11-12,18-19,44,48,55-57,65H,5-10,13-17,20-43,45-47,74H2,1-4H3,(H,75,84)(H,76,85)(H,77,92)(H,78,86)(H,79,87)(H,81,93)(H,88,89)(H,90,91)/t55-,56-,57-,65-,73-/m0/s1. The first-order valence-corrected chi connectivity index (χ1v) is 36.8. The van der Waals surface area contributed by atoms with Gasteiger partial charge in [0.1, 0.15) is 30.8 Å². The lowest BCUT2D eigenvalue weighted by molar-refractivity contribution is -0.191. The Kier molecular flexibility index (Phi) is 37.2. The van der Waals surface area contributed by atoms with E-state index in [1.165, 1.54) is 4.90 Å². The number of nitrogens with zero attached hydrogens (tertiary/aromatic N) is 3. The lowest BCUT2D eigenvalue weighted by atomic mass is 9.85. The first kappa shape index (κ1) is 85.4. The summed E-state index contributed by atoms with van der Waals surface area (Å²) in [4.78, 5) is 164. The lowest BCUT2D eigenvalue weighted by Gasteiger charge is -2.37. The third-order valence-electron chi connectivity index (χ3n) is 18.2. The highest BCUT2D eigenvalue weighted by Gasteiger charge is 2.52. The van der Waals surface area contributed by atoms with Crippen molar-refractivity contribution in [2.75, 3.05) is 112 Å². The molecule has 32 nitrogen and oxygen atoms in total. The number of rotatable bonds is 53. The molecule has 1 saturated heterocycles. The van der Waals surface area contributed by atoms with Crippen molar-refractivity contribution in [3.8, 4) is 11.4 Å². The number of benzene rings is 1. The zero-order valence-electron chi connectivity index (χ0n) is 61.1. The number of ether oxygens (including phenoxy) is 8. The van der Waals surface area contributed by atoms with Gasteiger partial charge in [-0.3, -0.25) is 47.9 Å². The van der Waals surface area contributed by atoms with Gasteiger partial charge in [0, 0.05) is 81.3 Å². The fourth-order valence-electron chi connectivity index (χ4n) is 12.6. The fraction of sp³-hybridized carbons (Fsp3) is 0.658. The van der Waals surface area contributed by atoms with Crippen molar-refractivity contribution >= 4 is 76.1 Å². The Morgan fingerprint density at radius 3 is 1.87 bits per heavy atom. The monoisotopic (exact) mass is 1480 g/mol. The van der Waals surface area contributed by atoms with E-state index in [0.717, 1.165) is 41.3 Å². The topological polar surface area (TPSA) is 438 Å². The minimum Gasteiger partial charge on any atom is -0.481 e. The number of carboxylic acids is 2. The number of nitrogens with two attached hydrogens (primary N) is 1. The van der Waals surface area contributed by atoms with Crippen LogP contribution >= 0.6 is 0 Å². The van der Waals surface area contributed by atoms with Crippen LogP contribution in [0.15, 0.2) is 35.1 Å². The van der Waals surface area contributed by atoms with Gasteiger partial charge >= 0.3 is 23.9 Å². The number of likely N-dealkylation sites (tertiary alicyclic amines) is 1. The molecule has 0 spiro atoms. The summed E-state index contributed by atoms with van der Waals surface area (Å²) in [6.07, 6.45) is 5.91. The Morgan fingerprint density at radius 2 is 1.24 bits per heavy atom. The Bertz CT molecular complexity index is 3460. The van der Waals surface area contributed by atoms with Crippen LogP contribution in [-0.2, 0) is 116 Å². The maximum absolute atomic E-state index is 14.4. The van der Waals surface area contributed by atoms with E-state index in [0.29, 0.717) is 109 Å². The summed E-state index contributed by atoms with van der Waals surface area (Å²) in [7, 11) is 0. The molecule has 0 unspecified atom stereocenters. The molecule has 2 aromatic heterocycles. The molecule has 0 bridgehead atoms. The predicted octanol–water partition coefficient (Wildman–Crippen LogP) is 2.72. The molecule has 3 aliphatic heterocycles. The summed E-state index contributed by atoms with van der Waals surface area (Å²) in [5.74, 6) is -8.11. The van der Waals surface area contributed by atoms with Crippen molar-refractivity contribution in [1.29, 1.82) is 0 Å². The molecule has 1 aromatic carbocycles. The van der Waals surface area contributed by atoms with E-state index in [1.807, 2.05) is 31.2 Å². The molecule has 1 fully saturated rings. The van der Waals surface area contributed by atoms with E-state index in [2.05, 4.69) is 31.9 Å². The second-order valence-corrected chi connectivity index (χ2v) is 26.3. The number of fused-ring (bicyclic) bond motifs is 5. The van der Waals surface area contributed by atoms with Crippen LogP contribution in [0.25, 0.3) is 22.3 Å². The van der Waals surface area contributed by atoms with E-state index in [4.69, 9.17) is 53.7 Å². The molecule has 10 N–H and O–H groups in total. The normalized spacial score (nSPS) is 15.9. The second-order valence-electron chi connectivity index (χ2n) is 26.3. The maximum Gasteiger partial charge on any atom is 0.355 e. The minimum absolute atomic E-state index is 0.0429. The van der Waals surface area contributed by atoms with Gasteiger partial charge in [0.2, 0.25) is 47.0 Å². The van der Waals surface area contributed by atoms with Gasteiger partial charge in [0.05, 0.1) is 115 Å². The Hall–Kier alpha value is -8.53. The average molecular weight is 1480 g/mol. The molecule has 5 heterocycles. The predicted molar refractivity (Wildman–Crippen MR) is 381 cm³/mol. The van der Waals surface area contributed by atoms with Gasteiger partial charge in [0.25, 0.3) is 5.56 Å². The molecule has 7 amide bonds. The van der Waals surface area contributed by atoms with Crippen molar-refractivity contribution in [3.05, 3.63) is 62.9 Å². The van der Waals surface area contributed by atoms with Gasteiger partial charge in [-0.1, -0.05) is 65.2 Å². The highest BCUT2D eigenvalue weighted by atomic mass is 16.6. The summed E-state index contributed by atoms with van der Waals surface area (Å²) in [6.45, 7) is 11.1. The Balaban J connectivity index is 0.826. The molecular weight excluding hydrogens is 1370 g/mol. The highest BCUT2D eigenvalue weighted by Crippen LogP contribution is 2.42. The largest absolute Gasteiger partial charge is 0.481 e. The second kappa shape index (κ2) is 45.7. The van der Waals surface area contributed by atoms with E-state index in [9.17, 15) is 62.6 Å². The maximum atomic E-state index is 14.4. The van der Waals surface area contributed by atoms with Crippen LogP contribution in [0.1, 0.15) is 166 Å². The molecular formula is C73H108N10O22. The fourth-order valence-corrected chi connectivity index (χ4v) is 12.6. The number of aromatic nitrogens is 2. The number of carbonyl (C=O) groups excluding carboxylic acids is 9. The highest BCUT2D eigenvalue weighted by molar-refractivity contribution is 5.97. The van der Waals surface area contributed by atoms with Crippen molar-refractivity contribution in [2.45, 2.75) is 193 Å². The van der Waals surface area contributed by atoms with Gasteiger partial charge < -0.3 is 95.2 Å². The first-order chi connectivity index (χ1) is 50.6. The third-order valence-corrected chi connectivity index (χ3v) is 18.2. The zero-order chi connectivity index (χ0) is 76.1. The number of hydrogen-bond donors (Lipinski definition) is 9. The smallest absolute Gasteiger partial charge is 0.355 e. The average Bonchev–Trinajstić information content (AvgIpc) is 1.68. The summed E-state index contributed by atoms with van der Waals surface area (Å²) < 4.78 is 46.1. The number of amides is 7. The van der Waals surface area contributed by atoms with Crippen LogP contribution in [-0.4, -0.2) is 226 Å². The molecule has 32 heteroatoms. The van der Waals surface area contributed by atoms with Gasteiger partial charge in [0.15, 0.2) is 0 Å². The lowest BCUT2D eigenvalue weighted by Crippen LogP contribution is -2.57. The van der Waals surface area contributed by atoms with E-state index in [1.54, 1.807) is 31.4 Å². The van der Waals surface area contributed by atoms with Crippen LogP contribution in [0.4, 0.5) is 0 Å². The number of carboxylic acid groups (broad SMARTS) is 2. The van der Waals surface area contributed by atoms with Crippen molar-refractivity contribution in [1.82, 2.24) is 46.4 Å². The van der Waals surface area contributed by atoms with E-state index in [-0.39, 0.29) is 159 Å². The van der Waals surface area contributed by atoms with Gasteiger partial charge in [-0.05, 0) is 87.8 Å². The molecule has 6 rings (SSSR count). The van der Waals surface area contributed by atoms with Crippen LogP contribution in [0, 0.1) is 5.92 Å². The molecule has 5 atom stereocenters. The summed E-state index contributed by atoms with van der Waals surface area (Å²) >= 11 is 0. The number of carbonyl (C=O) groups is 11. The van der Waals surface area contributed by atoms with Gasteiger partial charge in [-0.2, -0.15) is 0 Å². The number of hydrogen-bond acceptors (Lipinski definition) is 22. The minimum atomic E-state index is -2.08. The molecule has 3 aliphatic rings. The van der Waals surface area contributed by atoms with Crippen LogP contribution < -0.4 is 43.2 Å². The Labute approximate surface area is 611 Å². The summed E-state index contributed by atoms with van der Waals surface area (Å²) in [5.41, 5.74) is 6.88. The molecule has 582 valence electrons. The first-order valence-electron chi connectivity index (χ1n) is 36.8. The van der Waals surface area contributed by atoms with Gasteiger partial charge in [-0.15, -0.1) is 0 Å². The SMILES string of the molecule is CCc1c2c(nc3ccccc13)-c1cc3c(c(=O)n1C2)COC(=O)[C@@]3(CC)OC(=O)[C@@H](NC(=O)[C@@H]1CCCN1C(=O)[C@H](CC(=O)O)NC(=O)CCOCCOCCOCCNC(=O)CCCC(=O)NCCCC[C@H](NC(=O)CCOCCOCCOCCN)C(=O)NCCCCCCCC(=O)O)C(C)C. The number of cyclic esters (lactones) is 1. The number of aliphatic carboxylic acids is 2. The number of pyridine rings is 2. The van der Waals surface area contributed by atoms with E-state index >= 15 is 0 Å². The summed E-state index contributed by atoms with van der Waals surface area (Å²) in [6, 6.07) is 4.47. The number of para-hydroxylation sites is 1. The molecule has 3 aromatic rings. The van der Waals surface area contributed by atoms with Crippen molar-refractivity contribution in [3.63, 3.8) is 0 Å². The van der Waals surface area contributed by atoms with Crippen molar-refractivity contribution in [2.24, 2.45) is 11.7 Å². The van der Waals surface area contributed by atoms with E-state index < -0.39 is 89.3 Å². The molecule has 0 saturated carbocycles. The van der Waals surface area contributed by atoms with Crippen molar-refractivity contribution < 1.29 is 101 Å². The summed E-state index contributed by atoms with van der Waals surface area (Å²) in [5, 5.41) is 36.0. The molecule has 0 aliphatic carbocycles. The number of unbranched alkanes of at least 4 members (excludes halogenated alkanes) is 5. The van der Waals surface area contributed by atoms with Crippen LogP contribution in [0.3, 0.4) is 0 Å². The number of nitrogens with one attached hydrogen (secondary N) is 6. The third kappa shape index (κ3) is 27.1. The van der Waals surface area contributed by atoms with Gasteiger partial charge in [-0.25, -0.2) is 14.6 Å². The van der Waals surface area contributed by atoms with Crippen LogP contribution in [0.2, 0.25) is 0 Å². The quantitative estimate of drug-likeness (QED) is 0.0227. The zero-order valence-corrected chi connectivity index (χ0v) is 61.1. The Morgan fingerprint density at radius 1 is 0.648 bits per heavy atom. The molecule has 105 heavy (non-hydrogen) atoms. The number of aryl methyl sites for hydroxylation is 1. The van der Waals surface area contributed by atoms with Crippen LogP contribution in [0.5, 0.6) is 0 Å².